The second kappa shape index (κ2) is 5.31. The number of hydrogen-bond acceptors (Lipinski definition) is 5. The molecule has 2 amide bonds. The number of piperazine rings is 1. The van der Waals surface area contributed by atoms with Gasteiger partial charge in [-0.05, 0) is 0 Å². The first-order valence-corrected chi connectivity index (χ1v) is 6.24. The number of rotatable bonds is 0. The van der Waals surface area contributed by atoms with E-state index in [4.69, 9.17) is 0 Å². The normalized spacial score (nSPS) is 20.5. The van der Waals surface area contributed by atoms with Gasteiger partial charge in [0.1, 0.15) is 0 Å². The van der Waals surface area contributed by atoms with Gasteiger partial charge in [0, 0.05) is 31.9 Å². The summed E-state index contributed by atoms with van der Waals surface area (Å²) in [4.78, 5) is 28.9. The molecular weight excluding hydrogens is 228 g/mol. The molecule has 1 saturated heterocycles. The molecule has 0 spiro atoms. The van der Waals surface area contributed by atoms with Crippen LogP contribution >= 0.6 is 11.8 Å². The molecule has 2 aliphatic heterocycles. The molecule has 2 rings (SSSR count). The number of nitrogens with one attached hydrogen (secondary N) is 2. The summed E-state index contributed by atoms with van der Waals surface area (Å²) in [5.74, 6) is -0.163. The maximum Gasteiger partial charge on any atom is 0.315 e. The third-order valence-electron chi connectivity index (χ3n) is 2.40. The van der Waals surface area contributed by atoms with Crippen LogP contribution in [0.2, 0.25) is 0 Å². The van der Waals surface area contributed by atoms with E-state index in [0.717, 1.165) is 18.8 Å². The summed E-state index contributed by atoms with van der Waals surface area (Å²) in [7, 11) is 0. The molecule has 1 fully saturated rings. The molecule has 16 heavy (non-hydrogen) atoms. The van der Waals surface area contributed by atoms with Gasteiger partial charge in [0.25, 0.3) is 0 Å². The van der Waals surface area contributed by atoms with Crippen molar-refractivity contribution in [2.75, 3.05) is 38.5 Å². The average Bonchev–Trinajstić information content (AvgIpc) is 2.82. The standard InChI is InChI=1S/C9H14N4O2S/c14-7(12-9-11-3-6-16-9)8(15)13-4-1-10-2-5-13/h10H,1-6H2,(H,11,12,14). The summed E-state index contributed by atoms with van der Waals surface area (Å²) in [5, 5.41) is 6.23. The smallest absolute Gasteiger partial charge is 0.315 e. The van der Waals surface area contributed by atoms with Crippen LogP contribution in [0, 0.1) is 0 Å². The Hall–Kier alpha value is -1.08. The molecule has 0 bridgehead atoms. The zero-order chi connectivity index (χ0) is 11.4. The summed E-state index contributed by atoms with van der Waals surface area (Å²) < 4.78 is 0. The van der Waals surface area contributed by atoms with Gasteiger partial charge < -0.3 is 10.2 Å². The Morgan fingerprint density at radius 1 is 1.38 bits per heavy atom. The SMILES string of the molecule is O=C(NC1=NCCS1)C(=O)N1CCNCC1. The monoisotopic (exact) mass is 242 g/mol. The topological polar surface area (TPSA) is 73.8 Å². The minimum absolute atomic E-state index is 0.461. The van der Waals surface area contributed by atoms with E-state index in [2.05, 4.69) is 15.6 Å². The van der Waals surface area contributed by atoms with Gasteiger partial charge in [0.2, 0.25) is 0 Å². The van der Waals surface area contributed by atoms with E-state index >= 15 is 0 Å². The van der Waals surface area contributed by atoms with E-state index in [1.54, 1.807) is 4.90 Å². The molecule has 0 aliphatic carbocycles. The highest BCUT2D eigenvalue weighted by Crippen LogP contribution is 2.08. The van der Waals surface area contributed by atoms with Gasteiger partial charge in [-0.25, -0.2) is 0 Å². The van der Waals surface area contributed by atoms with Crippen LogP contribution in [0.3, 0.4) is 0 Å². The number of aliphatic imine (C=N–C) groups is 1. The number of amides is 2. The van der Waals surface area contributed by atoms with Crippen molar-refractivity contribution in [1.82, 2.24) is 15.5 Å². The zero-order valence-corrected chi connectivity index (χ0v) is 9.68. The van der Waals surface area contributed by atoms with Crippen molar-refractivity contribution in [1.29, 1.82) is 0 Å². The van der Waals surface area contributed by atoms with Crippen LogP contribution in [0.5, 0.6) is 0 Å². The van der Waals surface area contributed by atoms with Crippen LogP contribution in [0.4, 0.5) is 0 Å². The van der Waals surface area contributed by atoms with Crippen LogP contribution in [-0.2, 0) is 9.59 Å². The Labute approximate surface area is 97.8 Å². The number of hydrogen-bond donors (Lipinski definition) is 2. The summed E-state index contributed by atoms with van der Waals surface area (Å²) in [6.45, 7) is 3.38. The van der Waals surface area contributed by atoms with Crippen LogP contribution in [0.25, 0.3) is 0 Å². The summed E-state index contributed by atoms with van der Waals surface area (Å²) in [6, 6.07) is 0. The van der Waals surface area contributed by atoms with Gasteiger partial charge in [0.15, 0.2) is 5.17 Å². The van der Waals surface area contributed by atoms with Crippen molar-refractivity contribution < 1.29 is 9.59 Å². The molecule has 0 aromatic heterocycles. The summed E-state index contributed by atoms with van der Waals surface area (Å²) in [5.41, 5.74) is 0. The lowest BCUT2D eigenvalue weighted by atomic mass is 10.3. The summed E-state index contributed by atoms with van der Waals surface area (Å²) in [6.07, 6.45) is 0. The van der Waals surface area contributed by atoms with E-state index in [9.17, 15) is 9.59 Å². The zero-order valence-electron chi connectivity index (χ0n) is 8.86. The lowest BCUT2D eigenvalue weighted by Gasteiger charge is -2.26. The first kappa shape index (κ1) is 11.4. The molecule has 6 nitrogen and oxygen atoms in total. The van der Waals surface area contributed by atoms with Crippen molar-refractivity contribution in [2.45, 2.75) is 0 Å². The van der Waals surface area contributed by atoms with Gasteiger partial charge in [-0.15, -0.1) is 0 Å². The predicted molar refractivity (Wildman–Crippen MR) is 62.4 cm³/mol. The van der Waals surface area contributed by atoms with Crippen LogP contribution in [0.15, 0.2) is 4.99 Å². The lowest BCUT2D eigenvalue weighted by molar-refractivity contribution is -0.145. The molecule has 0 aromatic rings. The molecule has 0 radical (unpaired) electrons. The first-order chi connectivity index (χ1) is 7.77. The first-order valence-electron chi connectivity index (χ1n) is 5.25. The molecule has 2 heterocycles. The summed E-state index contributed by atoms with van der Waals surface area (Å²) >= 11 is 1.47. The third kappa shape index (κ3) is 2.73. The van der Waals surface area contributed by atoms with E-state index in [-0.39, 0.29) is 0 Å². The predicted octanol–water partition coefficient (Wildman–Crippen LogP) is -1.36. The van der Waals surface area contributed by atoms with Crippen molar-refractivity contribution in [3.8, 4) is 0 Å². The number of carbonyl (C=O) groups excluding carboxylic acids is 2. The van der Waals surface area contributed by atoms with E-state index in [1.165, 1.54) is 11.8 Å². The Bertz CT molecular complexity index is 325. The van der Waals surface area contributed by atoms with Crippen LogP contribution < -0.4 is 10.6 Å². The molecule has 0 aromatic carbocycles. The van der Waals surface area contributed by atoms with Gasteiger partial charge >= 0.3 is 11.8 Å². The van der Waals surface area contributed by atoms with Crippen LogP contribution in [0.1, 0.15) is 0 Å². The van der Waals surface area contributed by atoms with Crippen molar-refractivity contribution in [3.05, 3.63) is 0 Å². The van der Waals surface area contributed by atoms with Gasteiger partial charge in [0.05, 0.1) is 6.54 Å². The largest absolute Gasteiger partial charge is 0.332 e. The molecule has 2 N–H and O–H groups in total. The van der Waals surface area contributed by atoms with E-state index in [0.29, 0.717) is 24.8 Å². The van der Waals surface area contributed by atoms with Gasteiger partial charge in [-0.1, -0.05) is 11.8 Å². The number of nitrogens with zero attached hydrogens (tertiary/aromatic N) is 2. The number of thioether (sulfide) groups is 1. The van der Waals surface area contributed by atoms with Crippen molar-refractivity contribution in [3.63, 3.8) is 0 Å². The highest BCUT2D eigenvalue weighted by molar-refractivity contribution is 8.14. The third-order valence-corrected chi connectivity index (χ3v) is 3.30. The average molecular weight is 242 g/mol. The Morgan fingerprint density at radius 3 is 2.75 bits per heavy atom. The fourth-order valence-corrected chi connectivity index (χ4v) is 2.30. The molecule has 7 heteroatoms. The van der Waals surface area contributed by atoms with E-state index < -0.39 is 11.8 Å². The fraction of sp³-hybridized carbons (Fsp3) is 0.667. The maximum absolute atomic E-state index is 11.7. The molecule has 0 atom stereocenters. The highest BCUT2D eigenvalue weighted by Gasteiger charge is 2.24. The molecule has 0 unspecified atom stereocenters. The molecule has 2 aliphatic rings. The van der Waals surface area contributed by atoms with Crippen LogP contribution in [-0.4, -0.2) is 60.4 Å². The van der Waals surface area contributed by atoms with E-state index in [1.807, 2.05) is 0 Å². The quantitative estimate of drug-likeness (QED) is 0.514. The lowest BCUT2D eigenvalue weighted by Crippen LogP contribution is -2.51. The van der Waals surface area contributed by atoms with Gasteiger partial charge in [-0.3, -0.25) is 19.9 Å². The fourth-order valence-electron chi connectivity index (χ4n) is 1.57. The molecule has 88 valence electrons. The Morgan fingerprint density at radius 2 is 2.12 bits per heavy atom. The molecule has 0 saturated carbocycles. The Kier molecular flexibility index (Phi) is 3.79. The van der Waals surface area contributed by atoms with Gasteiger partial charge in [-0.2, -0.15) is 0 Å². The highest BCUT2D eigenvalue weighted by atomic mass is 32.2. The van der Waals surface area contributed by atoms with Crippen molar-refractivity contribution in [2.24, 2.45) is 4.99 Å². The minimum atomic E-state index is -0.574. The Balaban J connectivity index is 1.85. The van der Waals surface area contributed by atoms with Crippen molar-refractivity contribution >= 4 is 28.7 Å². The number of amidine groups is 1. The second-order valence-electron chi connectivity index (χ2n) is 3.53. The minimum Gasteiger partial charge on any atom is -0.332 e. The number of carbonyl (C=O) groups is 2. The second-order valence-corrected chi connectivity index (χ2v) is 4.62. The maximum atomic E-state index is 11.7. The molecular formula is C9H14N4O2S.